The first-order chi connectivity index (χ1) is 9.07. The summed E-state index contributed by atoms with van der Waals surface area (Å²) in [5, 5.41) is 2.84. The number of hydrogen-bond donors (Lipinski definition) is 1. The molecule has 106 valence electrons. The molecule has 1 aliphatic heterocycles. The van der Waals surface area contributed by atoms with Crippen molar-refractivity contribution in [3.05, 3.63) is 18.3 Å². The molecule has 0 spiro atoms. The monoisotopic (exact) mass is 285 g/mol. The number of anilines is 1. The van der Waals surface area contributed by atoms with Gasteiger partial charge in [0.25, 0.3) is 0 Å². The van der Waals surface area contributed by atoms with E-state index in [2.05, 4.69) is 10.3 Å². The lowest BCUT2D eigenvalue weighted by Gasteiger charge is -2.31. The number of aromatic nitrogens is 1. The Bertz CT molecular complexity index is 533. The minimum absolute atomic E-state index is 0.0193. The molecule has 0 saturated carbocycles. The number of rotatable bonds is 4. The van der Waals surface area contributed by atoms with Crippen LogP contribution in [0, 0.1) is 0 Å². The van der Waals surface area contributed by atoms with Gasteiger partial charge in [-0.05, 0) is 12.5 Å². The van der Waals surface area contributed by atoms with Gasteiger partial charge in [0.2, 0.25) is 10.0 Å². The zero-order chi connectivity index (χ0) is 13.9. The Kier molecular flexibility index (Phi) is 4.38. The fourth-order valence-corrected chi connectivity index (χ4v) is 3.48. The van der Waals surface area contributed by atoms with Crippen molar-refractivity contribution in [2.75, 3.05) is 32.1 Å². The average molecular weight is 285 g/mol. The van der Waals surface area contributed by atoms with Gasteiger partial charge in [-0.1, -0.05) is 6.92 Å². The fraction of sp³-hybridized carbons (Fsp3) is 0.583. The maximum Gasteiger partial charge on any atom is 0.243 e. The lowest BCUT2D eigenvalue weighted by Crippen LogP contribution is -2.45. The van der Waals surface area contributed by atoms with Crippen molar-refractivity contribution >= 4 is 15.8 Å². The van der Waals surface area contributed by atoms with E-state index in [0.717, 1.165) is 6.42 Å². The summed E-state index contributed by atoms with van der Waals surface area (Å²) in [5.74, 6) is 0.543. The van der Waals surface area contributed by atoms with Crippen molar-refractivity contribution in [3.8, 4) is 0 Å². The summed E-state index contributed by atoms with van der Waals surface area (Å²) in [4.78, 5) is 4.30. The third kappa shape index (κ3) is 3.05. The second-order valence-corrected chi connectivity index (χ2v) is 6.33. The number of nitrogens with one attached hydrogen (secondary N) is 1. The zero-order valence-corrected chi connectivity index (χ0v) is 12.0. The second kappa shape index (κ2) is 5.85. The van der Waals surface area contributed by atoms with Gasteiger partial charge in [-0.3, -0.25) is 0 Å². The summed E-state index contributed by atoms with van der Waals surface area (Å²) in [6.45, 7) is 3.25. The molecular weight excluding hydrogens is 266 g/mol. The third-order valence-electron chi connectivity index (χ3n) is 3.18. The molecule has 6 nitrogen and oxygen atoms in total. The molecule has 1 atom stereocenters. The lowest BCUT2D eigenvalue weighted by atomic mass is 10.2. The molecule has 2 heterocycles. The van der Waals surface area contributed by atoms with Crippen molar-refractivity contribution in [3.63, 3.8) is 0 Å². The highest BCUT2D eigenvalue weighted by Gasteiger charge is 2.30. The van der Waals surface area contributed by atoms with Crippen LogP contribution in [0.2, 0.25) is 0 Å². The molecular formula is C12H19N3O3S. The van der Waals surface area contributed by atoms with E-state index in [4.69, 9.17) is 4.74 Å². The van der Waals surface area contributed by atoms with Crippen LogP contribution in [0.1, 0.15) is 13.3 Å². The largest absolute Gasteiger partial charge is 0.375 e. The van der Waals surface area contributed by atoms with E-state index in [-0.39, 0.29) is 11.0 Å². The van der Waals surface area contributed by atoms with Crippen LogP contribution in [0.4, 0.5) is 5.82 Å². The SMILES string of the molecule is CCC1CN(S(=O)(=O)c2ccnc(NC)c2)CCO1. The molecule has 1 aromatic rings. The molecule has 1 N–H and O–H groups in total. The van der Waals surface area contributed by atoms with E-state index < -0.39 is 10.0 Å². The van der Waals surface area contributed by atoms with Gasteiger partial charge >= 0.3 is 0 Å². The van der Waals surface area contributed by atoms with Crippen LogP contribution in [0.25, 0.3) is 0 Å². The van der Waals surface area contributed by atoms with Crippen LogP contribution in [0.3, 0.4) is 0 Å². The summed E-state index contributed by atoms with van der Waals surface area (Å²) in [6.07, 6.45) is 2.29. The van der Waals surface area contributed by atoms with Crippen molar-refractivity contribution in [2.24, 2.45) is 0 Å². The molecule has 0 aliphatic carbocycles. The molecule has 1 aliphatic rings. The molecule has 0 aromatic carbocycles. The van der Waals surface area contributed by atoms with Crippen LogP contribution in [0.5, 0.6) is 0 Å². The molecule has 1 fully saturated rings. The van der Waals surface area contributed by atoms with E-state index in [1.807, 2.05) is 6.92 Å². The number of sulfonamides is 1. The number of nitrogens with zero attached hydrogens (tertiary/aromatic N) is 2. The maximum atomic E-state index is 12.5. The molecule has 1 unspecified atom stereocenters. The molecule has 0 bridgehead atoms. The quantitative estimate of drug-likeness (QED) is 0.891. The van der Waals surface area contributed by atoms with Crippen molar-refractivity contribution < 1.29 is 13.2 Å². The van der Waals surface area contributed by atoms with Crippen molar-refractivity contribution in [2.45, 2.75) is 24.3 Å². The number of morpholine rings is 1. The first-order valence-electron chi connectivity index (χ1n) is 6.33. The molecule has 0 radical (unpaired) electrons. The Hall–Kier alpha value is -1.18. The summed E-state index contributed by atoms with van der Waals surface area (Å²) >= 11 is 0. The first kappa shape index (κ1) is 14.2. The van der Waals surface area contributed by atoms with E-state index in [9.17, 15) is 8.42 Å². The van der Waals surface area contributed by atoms with Crippen LogP contribution < -0.4 is 5.32 Å². The Morgan fingerprint density at radius 2 is 2.37 bits per heavy atom. The number of hydrogen-bond acceptors (Lipinski definition) is 5. The Morgan fingerprint density at radius 3 is 3.05 bits per heavy atom. The Balaban J connectivity index is 2.25. The average Bonchev–Trinajstić information content (AvgIpc) is 2.47. The standard InChI is InChI=1S/C12H19N3O3S/c1-3-10-9-15(6-7-18-10)19(16,17)11-4-5-14-12(8-11)13-2/h4-5,8,10H,3,6-7,9H2,1-2H3,(H,13,14). The normalized spacial score (nSPS) is 21.3. The van der Waals surface area contributed by atoms with Gasteiger partial charge in [-0.15, -0.1) is 0 Å². The van der Waals surface area contributed by atoms with Crippen LogP contribution >= 0.6 is 0 Å². The fourth-order valence-electron chi connectivity index (χ4n) is 2.01. The first-order valence-corrected chi connectivity index (χ1v) is 7.77. The molecule has 19 heavy (non-hydrogen) atoms. The predicted octanol–water partition coefficient (Wildman–Crippen LogP) is 0.923. The maximum absolute atomic E-state index is 12.5. The van der Waals surface area contributed by atoms with Gasteiger partial charge in [0.05, 0.1) is 17.6 Å². The highest BCUT2D eigenvalue weighted by molar-refractivity contribution is 7.89. The second-order valence-electron chi connectivity index (χ2n) is 4.39. The number of ether oxygens (including phenoxy) is 1. The molecule has 7 heteroatoms. The zero-order valence-electron chi connectivity index (χ0n) is 11.2. The number of pyridine rings is 1. The minimum Gasteiger partial charge on any atom is -0.375 e. The summed E-state index contributed by atoms with van der Waals surface area (Å²) in [6, 6.07) is 3.07. The Labute approximate surface area is 113 Å². The van der Waals surface area contributed by atoms with Gasteiger partial charge in [0, 0.05) is 32.4 Å². The van der Waals surface area contributed by atoms with E-state index in [1.165, 1.54) is 16.6 Å². The van der Waals surface area contributed by atoms with E-state index >= 15 is 0 Å². The molecule has 2 rings (SSSR count). The smallest absolute Gasteiger partial charge is 0.243 e. The van der Waals surface area contributed by atoms with Crippen molar-refractivity contribution in [1.29, 1.82) is 0 Å². The third-order valence-corrected chi connectivity index (χ3v) is 5.04. The highest BCUT2D eigenvalue weighted by Crippen LogP contribution is 2.20. The summed E-state index contributed by atoms with van der Waals surface area (Å²) < 4.78 is 32.1. The van der Waals surface area contributed by atoms with Crippen molar-refractivity contribution in [1.82, 2.24) is 9.29 Å². The van der Waals surface area contributed by atoms with Crippen LogP contribution in [-0.4, -0.2) is 50.6 Å². The highest BCUT2D eigenvalue weighted by atomic mass is 32.2. The topological polar surface area (TPSA) is 71.5 Å². The van der Waals surface area contributed by atoms with E-state index in [0.29, 0.717) is 25.5 Å². The Morgan fingerprint density at radius 1 is 1.58 bits per heavy atom. The summed E-state index contributed by atoms with van der Waals surface area (Å²) in [7, 11) is -1.76. The predicted molar refractivity (Wildman–Crippen MR) is 72.6 cm³/mol. The molecule has 1 saturated heterocycles. The van der Waals surface area contributed by atoms with Crippen LogP contribution in [-0.2, 0) is 14.8 Å². The van der Waals surface area contributed by atoms with E-state index in [1.54, 1.807) is 13.1 Å². The van der Waals surface area contributed by atoms with Gasteiger partial charge in [0.15, 0.2) is 0 Å². The van der Waals surface area contributed by atoms with Gasteiger partial charge in [-0.2, -0.15) is 4.31 Å². The van der Waals surface area contributed by atoms with Crippen LogP contribution in [0.15, 0.2) is 23.2 Å². The molecule has 0 amide bonds. The minimum atomic E-state index is -3.46. The lowest BCUT2D eigenvalue weighted by molar-refractivity contribution is -0.00277. The van der Waals surface area contributed by atoms with Gasteiger partial charge in [0.1, 0.15) is 5.82 Å². The van der Waals surface area contributed by atoms with Gasteiger partial charge < -0.3 is 10.1 Å². The molecule has 1 aromatic heterocycles. The van der Waals surface area contributed by atoms with Gasteiger partial charge in [-0.25, -0.2) is 13.4 Å². The summed E-state index contributed by atoms with van der Waals surface area (Å²) in [5.41, 5.74) is 0.